The molecule has 23 heavy (non-hydrogen) atoms. The molecule has 1 unspecified atom stereocenters. The van der Waals surface area contributed by atoms with E-state index in [9.17, 15) is 13.2 Å². The first-order valence-corrected chi connectivity index (χ1v) is 8.54. The van der Waals surface area contributed by atoms with Gasteiger partial charge in [-0.1, -0.05) is 0 Å². The smallest absolute Gasteiger partial charge is 0.379 e. The Labute approximate surface area is 141 Å². The zero-order valence-corrected chi connectivity index (χ0v) is 14.2. The van der Waals surface area contributed by atoms with Crippen molar-refractivity contribution in [2.24, 2.45) is 0 Å². The van der Waals surface area contributed by atoms with E-state index in [1.54, 1.807) is 0 Å². The number of rotatable bonds is 2. The van der Waals surface area contributed by atoms with E-state index in [1.807, 2.05) is 0 Å². The third-order valence-corrected chi connectivity index (χ3v) is 4.99. The molecule has 4 nitrogen and oxygen atoms in total. The first-order valence-electron chi connectivity index (χ1n) is 7.74. The van der Waals surface area contributed by atoms with Crippen LogP contribution in [0.4, 0.5) is 19.0 Å². The van der Waals surface area contributed by atoms with Gasteiger partial charge in [-0.05, 0) is 34.8 Å². The lowest BCUT2D eigenvalue weighted by Gasteiger charge is -2.41. The van der Waals surface area contributed by atoms with Crippen LogP contribution in [0.1, 0.15) is 18.4 Å². The Bertz CT molecular complexity index is 549. The number of ether oxygens (including phenoxy) is 1. The molecule has 3 heterocycles. The summed E-state index contributed by atoms with van der Waals surface area (Å²) < 4.78 is 44.0. The number of morpholine rings is 1. The minimum absolute atomic E-state index is 0.398. The van der Waals surface area contributed by atoms with Crippen molar-refractivity contribution in [2.75, 3.05) is 44.3 Å². The van der Waals surface area contributed by atoms with Gasteiger partial charge in [0.15, 0.2) is 0 Å². The van der Waals surface area contributed by atoms with Crippen molar-refractivity contribution >= 4 is 21.7 Å². The Morgan fingerprint density at radius 1 is 1.22 bits per heavy atom. The first-order chi connectivity index (χ1) is 10.9. The molecule has 2 fully saturated rings. The van der Waals surface area contributed by atoms with Gasteiger partial charge in [0.25, 0.3) is 0 Å². The van der Waals surface area contributed by atoms with E-state index in [-0.39, 0.29) is 0 Å². The Balaban J connectivity index is 1.73. The quantitative estimate of drug-likeness (QED) is 0.771. The van der Waals surface area contributed by atoms with Crippen molar-refractivity contribution in [3.63, 3.8) is 0 Å². The maximum atomic E-state index is 12.8. The predicted octanol–water partition coefficient (Wildman–Crippen LogP) is 3.16. The van der Waals surface area contributed by atoms with E-state index in [0.29, 0.717) is 16.3 Å². The van der Waals surface area contributed by atoms with E-state index < -0.39 is 11.7 Å². The number of hydrogen-bond acceptors (Lipinski definition) is 4. The summed E-state index contributed by atoms with van der Waals surface area (Å²) in [5, 5.41) is 0. The fourth-order valence-electron chi connectivity index (χ4n) is 3.21. The van der Waals surface area contributed by atoms with Crippen LogP contribution in [0.25, 0.3) is 0 Å². The van der Waals surface area contributed by atoms with E-state index in [0.717, 1.165) is 64.5 Å². The molecule has 2 aliphatic heterocycles. The second-order valence-electron chi connectivity index (χ2n) is 5.92. The third-order valence-electron chi connectivity index (χ3n) is 4.41. The number of anilines is 1. The van der Waals surface area contributed by atoms with Crippen LogP contribution in [0.5, 0.6) is 0 Å². The van der Waals surface area contributed by atoms with Gasteiger partial charge in [0.05, 0.1) is 23.2 Å². The zero-order valence-electron chi connectivity index (χ0n) is 12.7. The van der Waals surface area contributed by atoms with Crippen LogP contribution in [-0.4, -0.2) is 55.3 Å². The van der Waals surface area contributed by atoms with Gasteiger partial charge in [0, 0.05) is 38.4 Å². The molecule has 0 aliphatic carbocycles. The van der Waals surface area contributed by atoms with Gasteiger partial charge < -0.3 is 9.64 Å². The standard InChI is InChI=1S/C15H19BrF3N3O/c16-13-8-11(15(17,18)19)9-20-14(13)22-3-1-2-12(10-22)21-4-6-23-7-5-21/h8-9,12H,1-7,10H2. The summed E-state index contributed by atoms with van der Waals surface area (Å²) in [4.78, 5) is 8.55. The van der Waals surface area contributed by atoms with Gasteiger partial charge in [-0.3, -0.25) is 4.90 Å². The van der Waals surface area contributed by atoms with Crippen LogP contribution in [0, 0.1) is 0 Å². The molecule has 1 aromatic rings. The number of nitrogens with zero attached hydrogens (tertiary/aromatic N) is 3. The normalized spacial score (nSPS) is 24.0. The van der Waals surface area contributed by atoms with E-state index in [2.05, 4.69) is 30.7 Å². The van der Waals surface area contributed by atoms with Crippen molar-refractivity contribution in [3.8, 4) is 0 Å². The molecule has 0 amide bonds. The number of piperidine rings is 1. The molecule has 0 bridgehead atoms. The van der Waals surface area contributed by atoms with Gasteiger partial charge in [-0.25, -0.2) is 4.98 Å². The third kappa shape index (κ3) is 3.97. The van der Waals surface area contributed by atoms with Crippen LogP contribution >= 0.6 is 15.9 Å². The van der Waals surface area contributed by atoms with Gasteiger partial charge in [-0.2, -0.15) is 13.2 Å². The van der Waals surface area contributed by atoms with Crippen molar-refractivity contribution in [2.45, 2.75) is 25.1 Å². The molecule has 8 heteroatoms. The number of alkyl halides is 3. The lowest BCUT2D eigenvalue weighted by molar-refractivity contribution is -0.137. The largest absolute Gasteiger partial charge is 0.417 e. The summed E-state index contributed by atoms with van der Waals surface area (Å²) in [5.74, 6) is 0.593. The fourth-order valence-corrected chi connectivity index (χ4v) is 3.81. The highest BCUT2D eigenvalue weighted by Crippen LogP contribution is 2.34. The SMILES string of the molecule is FC(F)(F)c1cnc(N2CCCC(N3CCOCC3)C2)c(Br)c1. The molecule has 0 saturated carbocycles. The Morgan fingerprint density at radius 3 is 2.61 bits per heavy atom. The minimum Gasteiger partial charge on any atom is -0.379 e. The molecule has 2 aliphatic rings. The predicted molar refractivity (Wildman–Crippen MR) is 84.6 cm³/mol. The van der Waals surface area contributed by atoms with E-state index in [4.69, 9.17) is 4.74 Å². The molecule has 0 N–H and O–H groups in total. The van der Waals surface area contributed by atoms with E-state index in [1.165, 1.54) is 0 Å². The van der Waals surface area contributed by atoms with Crippen LogP contribution < -0.4 is 4.90 Å². The molecule has 1 atom stereocenters. The highest BCUT2D eigenvalue weighted by atomic mass is 79.9. The first kappa shape index (κ1) is 17.0. The maximum absolute atomic E-state index is 12.8. The molecule has 3 rings (SSSR count). The summed E-state index contributed by atoms with van der Waals surface area (Å²) in [6.07, 6.45) is -1.34. The summed E-state index contributed by atoms with van der Waals surface area (Å²) in [6, 6.07) is 1.52. The number of aromatic nitrogens is 1. The Kier molecular flexibility index (Phi) is 5.13. The monoisotopic (exact) mass is 393 g/mol. The molecular formula is C15H19BrF3N3O. The van der Waals surface area contributed by atoms with Gasteiger partial charge in [-0.15, -0.1) is 0 Å². The van der Waals surface area contributed by atoms with Gasteiger partial charge in [0.1, 0.15) is 5.82 Å². The lowest BCUT2D eigenvalue weighted by atomic mass is 10.0. The topological polar surface area (TPSA) is 28.6 Å². The number of halogens is 4. The Morgan fingerprint density at radius 2 is 1.96 bits per heavy atom. The highest BCUT2D eigenvalue weighted by Gasteiger charge is 2.33. The molecule has 2 saturated heterocycles. The molecular weight excluding hydrogens is 375 g/mol. The summed E-state index contributed by atoms with van der Waals surface area (Å²) in [5.41, 5.74) is -0.727. The molecule has 0 aromatic carbocycles. The molecule has 0 radical (unpaired) electrons. The fraction of sp³-hybridized carbons (Fsp3) is 0.667. The molecule has 0 spiro atoms. The average molecular weight is 394 g/mol. The number of pyridine rings is 1. The van der Waals surface area contributed by atoms with Crippen molar-refractivity contribution in [1.82, 2.24) is 9.88 Å². The zero-order chi connectivity index (χ0) is 16.4. The lowest BCUT2D eigenvalue weighted by Crippen LogP contribution is -2.51. The van der Waals surface area contributed by atoms with Gasteiger partial charge >= 0.3 is 6.18 Å². The maximum Gasteiger partial charge on any atom is 0.417 e. The van der Waals surface area contributed by atoms with Crippen molar-refractivity contribution in [1.29, 1.82) is 0 Å². The van der Waals surface area contributed by atoms with Crippen LogP contribution in [-0.2, 0) is 10.9 Å². The summed E-state index contributed by atoms with van der Waals surface area (Å²) in [7, 11) is 0. The second kappa shape index (κ2) is 6.94. The number of hydrogen-bond donors (Lipinski definition) is 0. The van der Waals surface area contributed by atoms with Crippen LogP contribution in [0.3, 0.4) is 0 Å². The van der Waals surface area contributed by atoms with Crippen molar-refractivity contribution < 1.29 is 17.9 Å². The molecule has 128 valence electrons. The highest BCUT2D eigenvalue weighted by molar-refractivity contribution is 9.10. The minimum atomic E-state index is -4.37. The summed E-state index contributed by atoms with van der Waals surface area (Å²) >= 11 is 3.25. The van der Waals surface area contributed by atoms with Crippen LogP contribution in [0.2, 0.25) is 0 Å². The molecule has 1 aromatic heterocycles. The average Bonchev–Trinajstić information content (AvgIpc) is 2.55. The van der Waals surface area contributed by atoms with E-state index >= 15 is 0 Å². The van der Waals surface area contributed by atoms with Gasteiger partial charge in [0.2, 0.25) is 0 Å². The summed E-state index contributed by atoms with van der Waals surface area (Å²) in [6.45, 7) is 4.94. The van der Waals surface area contributed by atoms with Crippen molar-refractivity contribution in [3.05, 3.63) is 22.3 Å². The van der Waals surface area contributed by atoms with Crippen LogP contribution in [0.15, 0.2) is 16.7 Å². The second-order valence-corrected chi connectivity index (χ2v) is 6.77. The Hall–Kier alpha value is -0.860.